The average Bonchev–Trinajstić information content (AvgIpc) is 2.64. The van der Waals surface area contributed by atoms with Crippen molar-refractivity contribution in [1.29, 1.82) is 0 Å². The molecule has 1 rings (SSSR count). The first-order chi connectivity index (χ1) is 7.75. The molecule has 0 saturated heterocycles. The van der Waals surface area contributed by atoms with Crippen LogP contribution in [0.5, 0.6) is 0 Å². The van der Waals surface area contributed by atoms with E-state index in [-0.39, 0.29) is 11.6 Å². The molecular weight excluding hydrogens is 246 g/mol. The van der Waals surface area contributed by atoms with Crippen LogP contribution >= 0.6 is 0 Å². The van der Waals surface area contributed by atoms with Gasteiger partial charge in [-0.2, -0.15) is 4.31 Å². The number of carboxylic acids is 1. The van der Waals surface area contributed by atoms with E-state index in [4.69, 9.17) is 5.11 Å². The first-order valence-electron chi connectivity index (χ1n) is 4.92. The quantitative estimate of drug-likeness (QED) is 0.789. The van der Waals surface area contributed by atoms with E-state index in [1.165, 1.54) is 31.1 Å². The second kappa shape index (κ2) is 4.84. The topological polar surface area (TPSA) is 92.5 Å². The third-order valence-electron chi connectivity index (χ3n) is 2.31. The minimum Gasteiger partial charge on any atom is -0.481 e. The Kier molecular flexibility index (Phi) is 3.89. The van der Waals surface area contributed by atoms with Gasteiger partial charge in [0.15, 0.2) is 5.03 Å². The number of aryl methyl sites for hydroxylation is 1. The molecule has 0 saturated carbocycles. The summed E-state index contributed by atoms with van der Waals surface area (Å²) in [7, 11) is -0.713. The van der Waals surface area contributed by atoms with Crippen LogP contribution in [0.2, 0.25) is 0 Å². The van der Waals surface area contributed by atoms with Gasteiger partial charge in [-0.3, -0.25) is 4.79 Å². The molecule has 1 unspecified atom stereocenters. The number of hydrogen-bond acceptors (Lipinski definition) is 4. The Balaban J connectivity index is 2.88. The number of rotatable bonds is 5. The number of carboxylic acid groups (broad SMARTS) is 1. The van der Waals surface area contributed by atoms with E-state index in [1.54, 1.807) is 7.05 Å². The molecule has 0 aliphatic rings. The minimum atomic E-state index is -3.71. The lowest BCUT2D eigenvalue weighted by molar-refractivity contribution is -0.141. The van der Waals surface area contributed by atoms with Crippen LogP contribution in [-0.2, 0) is 21.9 Å². The molecule has 0 aliphatic heterocycles. The van der Waals surface area contributed by atoms with Crippen molar-refractivity contribution in [1.82, 2.24) is 13.9 Å². The Morgan fingerprint density at radius 2 is 2.24 bits per heavy atom. The summed E-state index contributed by atoms with van der Waals surface area (Å²) >= 11 is 0. The normalized spacial score (nSPS) is 13.9. The lowest BCUT2D eigenvalue weighted by Crippen LogP contribution is -2.33. The van der Waals surface area contributed by atoms with Crippen molar-refractivity contribution in [2.45, 2.75) is 11.9 Å². The van der Waals surface area contributed by atoms with Crippen LogP contribution in [-0.4, -0.2) is 46.9 Å². The van der Waals surface area contributed by atoms with Gasteiger partial charge in [-0.05, 0) is 0 Å². The highest BCUT2D eigenvalue weighted by atomic mass is 32.2. The van der Waals surface area contributed by atoms with Crippen molar-refractivity contribution >= 4 is 16.0 Å². The standard InChI is InChI=1S/C9H15N3O4S/c1-7(9(13)14)4-12(3)17(15,16)8-5-11(2)6-10-8/h5-7H,4H2,1-3H3,(H,13,14). The van der Waals surface area contributed by atoms with Gasteiger partial charge in [-0.15, -0.1) is 0 Å². The highest BCUT2D eigenvalue weighted by molar-refractivity contribution is 7.89. The fourth-order valence-corrected chi connectivity index (χ4v) is 2.46. The molecule has 0 radical (unpaired) electrons. The zero-order valence-electron chi connectivity index (χ0n) is 9.86. The number of hydrogen-bond donors (Lipinski definition) is 1. The van der Waals surface area contributed by atoms with Gasteiger partial charge in [-0.25, -0.2) is 13.4 Å². The van der Waals surface area contributed by atoms with Gasteiger partial charge in [0.1, 0.15) is 0 Å². The summed E-state index contributed by atoms with van der Waals surface area (Å²) in [5.74, 6) is -1.80. The molecule has 17 heavy (non-hydrogen) atoms. The van der Waals surface area contributed by atoms with E-state index in [2.05, 4.69) is 4.98 Å². The van der Waals surface area contributed by atoms with Gasteiger partial charge in [0.05, 0.1) is 12.2 Å². The van der Waals surface area contributed by atoms with E-state index in [0.717, 1.165) is 4.31 Å². The third-order valence-corrected chi connectivity index (χ3v) is 4.02. The van der Waals surface area contributed by atoms with Crippen LogP contribution in [0.1, 0.15) is 6.92 Å². The maximum atomic E-state index is 12.0. The second-order valence-electron chi connectivity index (χ2n) is 3.90. The van der Waals surface area contributed by atoms with E-state index in [0.29, 0.717) is 0 Å². The third kappa shape index (κ3) is 3.04. The van der Waals surface area contributed by atoms with Crippen molar-refractivity contribution in [2.24, 2.45) is 13.0 Å². The van der Waals surface area contributed by atoms with Crippen LogP contribution < -0.4 is 0 Å². The van der Waals surface area contributed by atoms with Crippen molar-refractivity contribution in [2.75, 3.05) is 13.6 Å². The monoisotopic (exact) mass is 261 g/mol. The molecule has 96 valence electrons. The summed E-state index contributed by atoms with van der Waals surface area (Å²) in [5.41, 5.74) is 0. The van der Waals surface area contributed by atoms with Crippen LogP contribution in [0.3, 0.4) is 0 Å². The summed E-state index contributed by atoms with van der Waals surface area (Å²) in [6, 6.07) is 0. The summed E-state index contributed by atoms with van der Waals surface area (Å²) in [6.07, 6.45) is 2.75. The first kappa shape index (κ1) is 13.7. The fraction of sp³-hybridized carbons (Fsp3) is 0.556. The fourth-order valence-electron chi connectivity index (χ4n) is 1.24. The maximum absolute atomic E-state index is 12.0. The largest absolute Gasteiger partial charge is 0.481 e. The molecule has 1 atom stereocenters. The first-order valence-corrected chi connectivity index (χ1v) is 6.36. The van der Waals surface area contributed by atoms with Crippen LogP contribution in [0.15, 0.2) is 17.6 Å². The Morgan fingerprint density at radius 3 is 2.65 bits per heavy atom. The summed E-state index contributed by atoms with van der Waals surface area (Å²) in [5, 5.41) is 8.65. The van der Waals surface area contributed by atoms with Crippen molar-refractivity contribution in [3.05, 3.63) is 12.5 Å². The van der Waals surface area contributed by atoms with Gasteiger partial charge in [0.25, 0.3) is 10.0 Å². The molecule has 1 N–H and O–H groups in total. The summed E-state index contributed by atoms with van der Waals surface area (Å²) in [4.78, 5) is 14.4. The van der Waals surface area contributed by atoms with Crippen LogP contribution in [0, 0.1) is 5.92 Å². The maximum Gasteiger partial charge on any atom is 0.307 e. The molecule has 0 amide bonds. The lowest BCUT2D eigenvalue weighted by Gasteiger charge is -2.17. The van der Waals surface area contributed by atoms with E-state index < -0.39 is 21.9 Å². The predicted octanol–water partition coefficient (Wildman–Crippen LogP) is -0.239. The van der Waals surface area contributed by atoms with Crippen molar-refractivity contribution in [3.8, 4) is 0 Å². The smallest absolute Gasteiger partial charge is 0.307 e. The number of sulfonamides is 1. The van der Waals surface area contributed by atoms with E-state index in [1.807, 2.05) is 0 Å². The minimum absolute atomic E-state index is 0.0833. The van der Waals surface area contributed by atoms with E-state index >= 15 is 0 Å². The van der Waals surface area contributed by atoms with Crippen molar-refractivity contribution < 1.29 is 18.3 Å². The average molecular weight is 261 g/mol. The van der Waals surface area contributed by atoms with Gasteiger partial charge in [-0.1, -0.05) is 6.92 Å². The molecule has 0 aromatic carbocycles. The van der Waals surface area contributed by atoms with Crippen molar-refractivity contribution in [3.63, 3.8) is 0 Å². The predicted molar refractivity (Wildman–Crippen MR) is 59.8 cm³/mol. The highest BCUT2D eigenvalue weighted by Gasteiger charge is 2.26. The number of carbonyl (C=O) groups is 1. The highest BCUT2D eigenvalue weighted by Crippen LogP contribution is 2.12. The molecule has 0 fully saturated rings. The number of nitrogens with zero attached hydrogens (tertiary/aromatic N) is 3. The molecule has 1 heterocycles. The Morgan fingerprint density at radius 1 is 1.65 bits per heavy atom. The molecule has 7 nitrogen and oxygen atoms in total. The van der Waals surface area contributed by atoms with Gasteiger partial charge in [0.2, 0.25) is 0 Å². The second-order valence-corrected chi connectivity index (χ2v) is 5.89. The molecule has 0 bridgehead atoms. The summed E-state index contributed by atoms with van der Waals surface area (Å²) < 4.78 is 26.4. The van der Waals surface area contributed by atoms with Crippen LogP contribution in [0.4, 0.5) is 0 Å². The van der Waals surface area contributed by atoms with Gasteiger partial charge >= 0.3 is 5.97 Å². The number of aromatic nitrogens is 2. The lowest BCUT2D eigenvalue weighted by atomic mass is 10.2. The zero-order chi connectivity index (χ0) is 13.2. The summed E-state index contributed by atoms with van der Waals surface area (Å²) in [6.45, 7) is 1.36. The molecule has 1 aromatic heterocycles. The molecule has 1 aromatic rings. The van der Waals surface area contributed by atoms with Gasteiger partial charge in [0, 0.05) is 26.8 Å². The molecule has 0 spiro atoms. The Bertz CT molecular complexity index is 508. The zero-order valence-corrected chi connectivity index (χ0v) is 10.7. The Labute approximate surface area is 99.7 Å². The Hall–Kier alpha value is -1.41. The molecule has 8 heteroatoms. The molecule has 0 aliphatic carbocycles. The SMILES string of the molecule is CC(CN(C)S(=O)(=O)c1cn(C)cn1)C(=O)O. The molecular formula is C9H15N3O4S. The van der Waals surface area contributed by atoms with Gasteiger partial charge < -0.3 is 9.67 Å². The number of imidazole rings is 1. The van der Waals surface area contributed by atoms with Crippen LogP contribution in [0.25, 0.3) is 0 Å². The number of aliphatic carboxylic acids is 1. The van der Waals surface area contributed by atoms with E-state index in [9.17, 15) is 13.2 Å².